The van der Waals surface area contributed by atoms with Gasteiger partial charge in [-0.1, -0.05) is 66.7 Å². The minimum absolute atomic E-state index is 0.992. The third kappa shape index (κ3) is 3.95. The van der Waals surface area contributed by atoms with Crippen LogP contribution in [0.5, 0.6) is 0 Å². The molecular formula is C21H23P3. The first kappa shape index (κ1) is 17.8. The van der Waals surface area contributed by atoms with Gasteiger partial charge >= 0.3 is 0 Å². The summed E-state index contributed by atoms with van der Waals surface area (Å²) < 4.78 is 0. The molecule has 0 aliphatic heterocycles. The van der Waals surface area contributed by atoms with Crippen molar-refractivity contribution in [2.24, 2.45) is 0 Å². The van der Waals surface area contributed by atoms with Crippen molar-refractivity contribution in [3.05, 3.63) is 83.4 Å². The molecule has 0 radical (unpaired) electrons. The molecule has 0 aliphatic rings. The average molecular weight is 368 g/mol. The Morgan fingerprint density at radius 2 is 1.08 bits per heavy atom. The van der Waals surface area contributed by atoms with E-state index in [1.807, 2.05) is 0 Å². The largest absolute Gasteiger partial charge is 0.133 e. The van der Waals surface area contributed by atoms with Crippen molar-refractivity contribution >= 4 is 27.7 Å². The lowest BCUT2D eigenvalue weighted by molar-refractivity contribution is 1.28. The van der Waals surface area contributed by atoms with Crippen LogP contribution >= 0.6 is 27.7 Å². The van der Waals surface area contributed by atoms with Gasteiger partial charge in [0.1, 0.15) is 0 Å². The van der Waals surface area contributed by atoms with Crippen molar-refractivity contribution in [2.75, 3.05) is 0 Å². The van der Waals surface area contributed by atoms with Crippen LogP contribution in [0.25, 0.3) is 22.3 Å². The molecule has 122 valence electrons. The fourth-order valence-electron chi connectivity index (χ4n) is 2.93. The van der Waals surface area contributed by atoms with Crippen LogP contribution in [0.3, 0.4) is 0 Å². The average Bonchev–Trinajstić information content (AvgIpc) is 2.67. The maximum absolute atomic E-state index is 2.84. The molecule has 3 aromatic carbocycles. The molecule has 0 amide bonds. The van der Waals surface area contributed by atoms with Gasteiger partial charge in [-0.05, 0) is 57.4 Å². The molecule has 3 rings (SSSR count). The normalized spacial score (nSPS) is 10.8. The van der Waals surface area contributed by atoms with Crippen LogP contribution in [0, 0.1) is 0 Å². The molecule has 0 nitrogen and oxygen atoms in total. The fourth-order valence-corrected chi connectivity index (χ4v) is 3.96. The van der Waals surface area contributed by atoms with Crippen LogP contribution in [-0.4, -0.2) is 0 Å². The van der Waals surface area contributed by atoms with Gasteiger partial charge in [-0.2, -0.15) is 0 Å². The van der Waals surface area contributed by atoms with E-state index in [1.165, 1.54) is 38.9 Å². The van der Waals surface area contributed by atoms with E-state index in [0.717, 1.165) is 18.5 Å². The first-order chi connectivity index (χ1) is 11.7. The Labute approximate surface area is 152 Å². The van der Waals surface area contributed by atoms with Crippen molar-refractivity contribution < 1.29 is 0 Å². The minimum Gasteiger partial charge on any atom is -0.133 e. The Kier molecular flexibility index (Phi) is 6.19. The Morgan fingerprint density at radius 3 is 1.67 bits per heavy atom. The summed E-state index contributed by atoms with van der Waals surface area (Å²) >= 11 is 0. The minimum atomic E-state index is 0.992. The van der Waals surface area contributed by atoms with Gasteiger partial charge in [0, 0.05) is 0 Å². The molecule has 0 spiro atoms. The van der Waals surface area contributed by atoms with Crippen molar-refractivity contribution in [2.45, 2.75) is 18.5 Å². The van der Waals surface area contributed by atoms with Crippen LogP contribution < -0.4 is 0 Å². The number of hydrogen-bond acceptors (Lipinski definition) is 0. The molecule has 3 unspecified atom stereocenters. The van der Waals surface area contributed by atoms with Crippen LogP contribution in [0.15, 0.2) is 66.7 Å². The molecule has 0 aromatic heterocycles. The Hall–Kier alpha value is -1.05. The number of hydrogen-bond donors (Lipinski definition) is 0. The van der Waals surface area contributed by atoms with Gasteiger partial charge in [0.05, 0.1) is 0 Å². The first-order valence-corrected chi connectivity index (χ1v) is 10.6. The number of rotatable bonds is 5. The summed E-state index contributed by atoms with van der Waals surface area (Å²) in [5.41, 5.74) is 9.28. The molecular weight excluding hydrogens is 345 g/mol. The zero-order valence-electron chi connectivity index (χ0n) is 13.7. The van der Waals surface area contributed by atoms with E-state index in [9.17, 15) is 0 Å². The smallest absolute Gasteiger partial charge is 0.0125 e. The summed E-state index contributed by atoms with van der Waals surface area (Å²) in [6, 6.07) is 24.4. The van der Waals surface area contributed by atoms with Crippen LogP contribution in [0.1, 0.15) is 16.7 Å². The molecule has 0 N–H and O–H groups in total. The van der Waals surface area contributed by atoms with E-state index in [0.29, 0.717) is 0 Å². The molecule has 0 saturated heterocycles. The van der Waals surface area contributed by atoms with Gasteiger partial charge in [-0.15, -0.1) is 27.7 Å². The van der Waals surface area contributed by atoms with Crippen LogP contribution in [0.4, 0.5) is 0 Å². The zero-order valence-corrected chi connectivity index (χ0v) is 17.2. The van der Waals surface area contributed by atoms with Crippen molar-refractivity contribution in [1.29, 1.82) is 0 Å². The van der Waals surface area contributed by atoms with Gasteiger partial charge in [-0.3, -0.25) is 0 Å². The maximum atomic E-state index is 2.84. The quantitative estimate of drug-likeness (QED) is 0.474. The maximum Gasteiger partial charge on any atom is -0.0125 e. The summed E-state index contributed by atoms with van der Waals surface area (Å²) in [7, 11) is 8.45. The lowest BCUT2D eigenvalue weighted by Gasteiger charge is -2.10. The van der Waals surface area contributed by atoms with E-state index in [1.54, 1.807) is 0 Å². The second-order valence-corrected chi connectivity index (χ2v) is 7.10. The first-order valence-electron chi connectivity index (χ1n) is 8.17. The van der Waals surface area contributed by atoms with E-state index in [4.69, 9.17) is 0 Å². The van der Waals surface area contributed by atoms with E-state index in [-0.39, 0.29) is 0 Å². The highest BCUT2D eigenvalue weighted by atomic mass is 31.0. The summed E-state index contributed by atoms with van der Waals surface area (Å²) in [6.07, 6.45) is 3.00. The SMILES string of the molecule is PCc1cccc(-c2ccc(-c3ccc(CP)c(CP)c3)cc2)c1. The van der Waals surface area contributed by atoms with E-state index in [2.05, 4.69) is 94.4 Å². The topological polar surface area (TPSA) is 0 Å². The van der Waals surface area contributed by atoms with Crippen molar-refractivity contribution in [3.63, 3.8) is 0 Å². The van der Waals surface area contributed by atoms with Gasteiger partial charge in [0.25, 0.3) is 0 Å². The van der Waals surface area contributed by atoms with Gasteiger partial charge in [0.15, 0.2) is 0 Å². The monoisotopic (exact) mass is 368 g/mol. The summed E-state index contributed by atoms with van der Waals surface area (Å²) in [5, 5.41) is 0. The van der Waals surface area contributed by atoms with Crippen LogP contribution in [0.2, 0.25) is 0 Å². The third-order valence-corrected chi connectivity index (χ3v) is 5.71. The molecule has 0 fully saturated rings. The lowest BCUT2D eigenvalue weighted by atomic mass is 9.97. The molecule has 3 heteroatoms. The van der Waals surface area contributed by atoms with Crippen LogP contribution in [-0.2, 0) is 18.5 Å². The third-order valence-electron chi connectivity index (χ3n) is 4.36. The van der Waals surface area contributed by atoms with E-state index >= 15 is 0 Å². The fraction of sp³-hybridized carbons (Fsp3) is 0.143. The molecule has 0 saturated carbocycles. The standard InChI is InChI=1S/C21H23P3/c22-12-15-2-1-3-18(10-15)16-4-6-17(7-5-16)19-8-9-20(13-23)21(11-19)14-24/h1-11H,12-14,22-24H2. The summed E-state index contributed by atoms with van der Waals surface area (Å²) in [6.45, 7) is 0. The lowest BCUT2D eigenvalue weighted by Crippen LogP contribution is -1.89. The summed E-state index contributed by atoms with van der Waals surface area (Å²) in [4.78, 5) is 0. The predicted molar refractivity (Wildman–Crippen MR) is 118 cm³/mol. The van der Waals surface area contributed by atoms with Gasteiger partial charge in [-0.25, -0.2) is 0 Å². The Bertz CT molecular complexity index is 823. The Balaban J connectivity index is 1.92. The molecule has 24 heavy (non-hydrogen) atoms. The summed E-state index contributed by atoms with van der Waals surface area (Å²) in [5.74, 6) is 0. The highest BCUT2D eigenvalue weighted by Gasteiger charge is 2.04. The van der Waals surface area contributed by atoms with Crippen molar-refractivity contribution in [3.8, 4) is 22.3 Å². The highest BCUT2D eigenvalue weighted by molar-refractivity contribution is 7.16. The highest BCUT2D eigenvalue weighted by Crippen LogP contribution is 2.28. The molecule has 0 bridgehead atoms. The van der Waals surface area contributed by atoms with Crippen molar-refractivity contribution in [1.82, 2.24) is 0 Å². The zero-order chi connectivity index (χ0) is 16.9. The van der Waals surface area contributed by atoms with Gasteiger partial charge < -0.3 is 0 Å². The van der Waals surface area contributed by atoms with E-state index < -0.39 is 0 Å². The second-order valence-electron chi connectivity index (χ2n) is 5.87. The second kappa shape index (κ2) is 8.36. The molecule has 3 atom stereocenters. The predicted octanol–water partition coefficient (Wildman–Crippen LogP) is 6.15. The number of benzene rings is 3. The van der Waals surface area contributed by atoms with Gasteiger partial charge in [0.2, 0.25) is 0 Å². The molecule has 0 aliphatic carbocycles. The molecule has 3 aromatic rings. The Morgan fingerprint density at radius 1 is 0.500 bits per heavy atom. The molecule has 0 heterocycles.